The number of fused-ring (bicyclic) bond motifs is 5. The molecule has 4 rings (SSSR count). The van der Waals surface area contributed by atoms with Crippen LogP contribution >= 0.6 is 0 Å². The molecule has 0 aromatic heterocycles. The summed E-state index contributed by atoms with van der Waals surface area (Å²) in [4.78, 5) is 12.3. The van der Waals surface area contributed by atoms with Gasteiger partial charge in [-0.05, 0) is 106 Å². The van der Waals surface area contributed by atoms with E-state index in [1.807, 2.05) is 6.92 Å². The Morgan fingerprint density at radius 2 is 1.76 bits per heavy atom. The molecule has 0 spiro atoms. The van der Waals surface area contributed by atoms with Crippen LogP contribution in [0.5, 0.6) is 0 Å². The molecular formula is C27H42O2. The second-order valence-electron chi connectivity index (χ2n) is 11.6. The molecule has 0 saturated heterocycles. The average Bonchev–Trinajstić information content (AvgIpc) is 3.04. The molecule has 4 aliphatic rings. The molecule has 0 aliphatic heterocycles. The third-order valence-electron chi connectivity index (χ3n) is 10.2. The SMILES string of the molecule is CCCCC#C[C@@]1(O)CC[C@@]2(C)[C@@H](CC[C@@H]3[C@@H]2CC[C@]2(C)[C@@H](C(C)=O)CC[C@@H]32)C1. The fourth-order valence-electron chi connectivity index (χ4n) is 8.52. The molecule has 1 N–H and O–H groups in total. The molecule has 4 saturated carbocycles. The van der Waals surface area contributed by atoms with Gasteiger partial charge in [0, 0.05) is 12.3 Å². The van der Waals surface area contributed by atoms with E-state index in [2.05, 4.69) is 32.6 Å². The quantitative estimate of drug-likeness (QED) is 0.457. The Morgan fingerprint density at radius 1 is 1.00 bits per heavy atom. The van der Waals surface area contributed by atoms with Crippen molar-refractivity contribution in [1.29, 1.82) is 0 Å². The molecule has 0 radical (unpaired) electrons. The van der Waals surface area contributed by atoms with Crippen LogP contribution in [0.2, 0.25) is 0 Å². The normalized spacial score (nSPS) is 48.7. The van der Waals surface area contributed by atoms with Crippen LogP contribution in [0.15, 0.2) is 0 Å². The lowest BCUT2D eigenvalue weighted by Crippen LogP contribution is -2.56. The Hall–Kier alpha value is -0.810. The summed E-state index contributed by atoms with van der Waals surface area (Å²) < 4.78 is 0. The van der Waals surface area contributed by atoms with E-state index in [9.17, 15) is 9.90 Å². The summed E-state index contributed by atoms with van der Waals surface area (Å²) in [6, 6.07) is 0. The average molecular weight is 399 g/mol. The Bertz CT molecular complexity index is 701. The van der Waals surface area contributed by atoms with Gasteiger partial charge in [0.15, 0.2) is 0 Å². The van der Waals surface area contributed by atoms with Crippen molar-refractivity contribution in [2.75, 3.05) is 0 Å². The highest BCUT2D eigenvalue weighted by molar-refractivity contribution is 5.79. The van der Waals surface area contributed by atoms with E-state index in [1.54, 1.807) is 0 Å². The van der Waals surface area contributed by atoms with Gasteiger partial charge >= 0.3 is 0 Å². The van der Waals surface area contributed by atoms with Crippen LogP contribution in [0.3, 0.4) is 0 Å². The second-order valence-corrected chi connectivity index (χ2v) is 11.6. The summed E-state index contributed by atoms with van der Waals surface area (Å²) in [5.41, 5.74) is -0.146. The largest absolute Gasteiger partial charge is 0.378 e. The van der Waals surface area contributed by atoms with Crippen LogP contribution in [0, 0.1) is 52.3 Å². The van der Waals surface area contributed by atoms with Gasteiger partial charge in [-0.3, -0.25) is 4.79 Å². The molecular weight excluding hydrogens is 356 g/mol. The fourth-order valence-corrected chi connectivity index (χ4v) is 8.52. The minimum atomic E-state index is -0.749. The Morgan fingerprint density at radius 3 is 2.48 bits per heavy atom. The fraction of sp³-hybridized carbons (Fsp3) is 0.889. The van der Waals surface area contributed by atoms with Crippen LogP contribution < -0.4 is 0 Å². The van der Waals surface area contributed by atoms with Crippen molar-refractivity contribution in [3.63, 3.8) is 0 Å². The molecule has 0 aromatic rings. The second kappa shape index (κ2) is 7.71. The van der Waals surface area contributed by atoms with Crippen molar-refractivity contribution in [2.24, 2.45) is 40.4 Å². The molecule has 0 aromatic carbocycles. The van der Waals surface area contributed by atoms with Crippen molar-refractivity contribution in [3.8, 4) is 11.8 Å². The molecule has 4 fully saturated rings. The van der Waals surface area contributed by atoms with Crippen LogP contribution in [0.25, 0.3) is 0 Å². The number of Topliss-reactive ketones (excluding diaryl/α,β-unsaturated/α-hetero) is 1. The van der Waals surface area contributed by atoms with E-state index in [4.69, 9.17) is 0 Å². The van der Waals surface area contributed by atoms with Gasteiger partial charge in [-0.2, -0.15) is 0 Å². The lowest BCUT2D eigenvalue weighted by Gasteiger charge is -2.61. The van der Waals surface area contributed by atoms with E-state index in [-0.39, 0.29) is 5.41 Å². The van der Waals surface area contributed by atoms with Gasteiger partial charge in [-0.1, -0.05) is 33.1 Å². The first-order valence-corrected chi connectivity index (χ1v) is 12.5. The predicted molar refractivity (Wildman–Crippen MR) is 118 cm³/mol. The standard InChI is InChI=1S/C27H42O2/c1-5-6-7-8-14-27(29)17-16-25(3)20(18-27)9-10-21-23-12-11-22(19(2)28)26(23,4)15-13-24(21)25/h20-24,29H,5-7,9-13,15-18H2,1-4H3/t20-,21-,22+,23-,24-,25-,26+,27+/m0/s1. The summed E-state index contributed by atoms with van der Waals surface area (Å²) in [5.74, 6) is 10.2. The lowest BCUT2D eigenvalue weighted by molar-refractivity contribution is -0.144. The number of ketones is 1. The highest BCUT2D eigenvalue weighted by Gasteiger charge is 2.61. The molecule has 0 unspecified atom stereocenters. The third-order valence-corrected chi connectivity index (χ3v) is 10.2. The number of carbonyl (C=O) groups excluding carboxylic acids is 1. The van der Waals surface area contributed by atoms with Gasteiger partial charge in [0.2, 0.25) is 0 Å². The van der Waals surface area contributed by atoms with Crippen molar-refractivity contribution >= 4 is 5.78 Å². The molecule has 2 heteroatoms. The third kappa shape index (κ3) is 3.50. The number of aliphatic hydroxyl groups is 1. The molecule has 8 atom stereocenters. The van der Waals surface area contributed by atoms with Gasteiger partial charge in [0.25, 0.3) is 0 Å². The van der Waals surface area contributed by atoms with Gasteiger partial charge in [-0.15, -0.1) is 5.92 Å². The smallest absolute Gasteiger partial charge is 0.133 e. The minimum Gasteiger partial charge on any atom is -0.378 e. The van der Waals surface area contributed by atoms with Gasteiger partial charge in [-0.25, -0.2) is 0 Å². The van der Waals surface area contributed by atoms with Gasteiger partial charge in [0.05, 0.1) is 0 Å². The number of carbonyl (C=O) groups is 1. The van der Waals surface area contributed by atoms with E-state index in [1.165, 1.54) is 38.5 Å². The number of unbranched alkanes of at least 4 members (excludes halogenated alkanes) is 2. The van der Waals surface area contributed by atoms with E-state index in [0.29, 0.717) is 23.0 Å². The van der Waals surface area contributed by atoms with E-state index >= 15 is 0 Å². The zero-order valence-electron chi connectivity index (χ0n) is 19.2. The lowest BCUT2D eigenvalue weighted by atomic mass is 9.44. The van der Waals surface area contributed by atoms with Crippen molar-refractivity contribution in [1.82, 2.24) is 0 Å². The number of rotatable bonds is 3. The maximum absolute atomic E-state index is 12.3. The van der Waals surface area contributed by atoms with Gasteiger partial charge < -0.3 is 5.11 Å². The minimum absolute atomic E-state index is 0.246. The first-order valence-electron chi connectivity index (χ1n) is 12.5. The maximum Gasteiger partial charge on any atom is 0.133 e. The Labute approximate surface area is 178 Å². The molecule has 0 bridgehead atoms. The van der Waals surface area contributed by atoms with E-state index < -0.39 is 5.60 Å². The molecule has 162 valence electrons. The number of hydrogen-bond acceptors (Lipinski definition) is 2. The van der Waals surface area contributed by atoms with Crippen LogP contribution in [-0.4, -0.2) is 16.5 Å². The van der Waals surface area contributed by atoms with Gasteiger partial charge in [0.1, 0.15) is 11.4 Å². The topological polar surface area (TPSA) is 37.3 Å². The van der Waals surface area contributed by atoms with Crippen molar-refractivity contribution in [3.05, 3.63) is 0 Å². The monoisotopic (exact) mass is 398 g/mol. The molecule has 0 heterocycles. The Kier molecular flexibility index (Phi) is 5.69. The predicted octanol–water partition coefficient (Wildman–Crippen LogP) is 6.16. The highest BCUT2D eigenvalue weighted by atomic mass is 16.3. The molecule has 29 heavy (non-hydrogen) atoms. The molecule has 4 aliphatic carbocycles. The van der Waals surface area contributed by atoms with Crippen LogP contribution in [0.1, 0.15) is 105 Å². The molecule has 0 amide bonds. The van der Waals surface area contributed by atoms with Crippen LogP contribution in [0.4, 0.5) is 0 Å². The molecule has 2 nitrogen and oxygen atoms in total. The van der Waals surface area contributed by atoms with Crippen LogP contribution in [-0.2, 0) is 4.79 Å². The summed E-state index contributed by atoms with van der Waals surface area (Å²) in [6.07, 6.45) is 13.5. The number of hydrogen-bond donors (Lipinski definition) is 1. The first-order chi connectivity index (χ1) is 13.7. The first kappa shape index (κ1) is 21.4. The maximum atomic E-state index is 12.3. The van der Waals surface area contributed by atoms with Crippen molar-refractivity contribution in [2.45, 2.75) is 110 Å². The summed E-state index contributed by atoms with van der Waals surface area (Å²) in [5, 5.41) is 11.2. The Balaban J connectivity index is 1.50. The van der Waals surface area contributed by atoms with E-state index in [0.717, 1.165) is 56.3 Å². The zero-order chi connectivity index (χ0) is 20.9. The summed E-state index contributed by atoms with van der Waals surface area (Å²) in [6.45, 7) is 9.00. The summed E-state index contributed by atoms with van der Waals surface area (Å²) >= 11 is 0. The van der Waals surface area contributed by atoms with Crippen molar-refractivity contribution < 1.29 is 9.90 Å². The highest BCUT2D eigenvalue weighted by Crippen LogP contribution is 2.68. The zero-order valence-corrected chi connectivity index (χ0v) is 19.2. The summed E-state index contributed by atoms with van der Waals surface area (Å²) in [7, 11) is 0.